The summed E-state index contributed by atoms with van der Waals surface area (Å²) in [6.07, 6.45) is 5.21. The number of nitrogens with one attached hydrogen (secondary N) is 1. The fraction of sp³-hybridized carbons (Fsp3) is 0.286. The van der Waals surface area contributed by atoms with Gasteiger partial charge in [0, 0.05) is 57.0 Å². The zero-order valence-corrected chi connectivity index (χ0v) is 20.3. The smallest absolute Gasteiger partial charge is 0.267 e. The summed E-state index contributed by atoms with van der Waals surface area (Å²) in [6, 6.07) is 19.8. The molecule has 6 nitrogen and oxygen atoms in total. The van der Waals surface area contributed by atoms with Crippen molar-refractivity contribution >= 4 is 22.7 Å². The summed E-state index contributed by atoms with van der Waals surface area (Å²) in [5, 5.41) is 3.99. The predicted molar refractivity (Wildman–Crippen MR) is 136 cm³/mol. The number of carbonyl (C=O) groups excluding carboxylic acids is 2. The first kappa shape index (κ1) is 23.4. The van der Waals surface area contributed by atoms with Crippen molar-refractivity contribution in [3.05, 3.63) is 95.4 Å². The highest BCUT2D eigenvalue weighted by Crippen LogP contribution is 2.25. The minimum absolute atomic E-state index is 0.00370. The number of carbonyl (C=O) groups is 2. The molecular formula is C28H32N4O2. The lowest BCUT2D eigenvalue weighted by molar-refractivity contribution is 0.0724. The number of rotatable bonds is 8. The topological polar surface area (TPSA) is 59.3 Å². The van der Waals surface area contributed by atoms with Crippen molar-refractivity contribution in [1.82, 2.24) is 19.4 Å². The Balaban J connectivity index is 1.55. The molecule has 2 aromatic carbocycles. The lowest BCUT2D eigenvalue weighted by Gasteiger charge is -2.29. The Bertz CT molecular complexity index is 1300. The summed E-state index contributed by atoms with van der Waals surface area (Å²) in [5.41, 5.74) is 4.53. The Kier molecular flexibility index (Phi) is 6.87. The molecule has 6 heteroatoms. The van der Waals surface area contributed by atoms with Crippen LogP contribution in [0, 0.1) is 6.92 Å². The Morgan fingerprint density at radius 3 is 2.41 bits per heavy atom. The van der Waals surface area contributed by atoms with Crippen LogP contribution in [0.3, 0.4) is 0 Å². The number of aromatic nitrogens is 2. The van der Waals surface area contributed by atoms with E-state index in [1.165, 1.54) is 0 Å². The average molecular weight is 457 g/mol. The van der Waals surface area contributed by atoms with Crippen LogP contribution in [-0.4, -0.2) is 45.5 Å². The first-order chi connectivity index (χ1) is 16.4. The van der Waals surface area contributed by atoms with Crippen molar-refractivity contribution in [3.8, 4) is 0 Å². The van der Waals surface area contributed by atoms with Gasteiger partial charge < -0.3 is 19.4 Å². The van der Waals surface area contributed by atoms with Gasteiger partial charge in [0.2, 0.25) is 0 Å². The van der Waals surface area contributed by atoms with Crippen LogP contribution in [0.1, 0.15) is 38.4 Å². The molecule has 34 heavy (non-hydrogen) atoms. The standard InChI is InChI=1S/C28H32N4O2/c1-20-12-13-24-23(15-18-31(24)3)26(20)28(34)32(4)22(19-21-9-6-5-7-10-21)14-16-29-27(33)25-11-8-17-30(25)2/h5-13,15,17-18,22H,14,16,19H2,1-4H3,(H,29,33). The van der Waals surface area contributed by atoms with Crippen molar-refractivity contribution < 1.29 is 9.59 Å². The van der Waals surface area contributed by atoms with Crippen LogP contribution in [0.4, 0.5) is 0 Å². The van der Waals surface area contributed by atoms with E-state index in [9.17, 15) is 9.59 Å². The van der Waals surface area contributed by atoms with Crippen LogP contribution in [0.25, 0.3) is 10.9 Å². The van der Waals surface area contributed by atoms with Crippen LogP contribution in [0.15, 0.2) is 73.1 Å². The maximum atomic E-state index is 13.8. The second kappa shape index (κ2) is 10.00. The van der Waals surface area contributed by atoms with E-state index in [2.05, 4.69) is 23.5 Å². The fourth-order valence-corrected chi connectivity index (χ4v) is 4.55. The minimum Gasteiger partial charge on any atom is -0.351 e. The Hall–Kier alpha value is -3.80. The highest BCUT2D eigenvalue weighted by Gasteiger charge is 2.25. The van der Waals surface area contributed by atoms with E-state index in [1.54, 1.807) is 10.6 Å². The van der Waals surface area contributed by atoms with Gasteiger partial charge in [-0.25, -0.2) is 0 Å². The Morgan fingerprint density at radius 1 is 0.941 bits per heavy atom. The van der Waals surface area contributed by atoms with Gasteiger partial charge in [-0.2, -0.15) is 0 Å². The highest BCUT2D eigenvalue weighted by atomic mass is 16.2. The lowest BCUT2D eigenvalue weighted by atomic mass is 9.98. The fourth-order valence-electron chi connectivity index (χ4n) is 4.55. The van der Waals surface area contributed by atoms with Gasteiger partial charge in [0.1, 0.15) is 5.69 Å². The quantitative estimate of drug-likeness (QED) is 0.429. The molecule has 2 aromatic heterocycles. The van der Waals surface area contributed by atoms with Crippen LogP contribution < -0.4 is 5.32 Å². The molecule has 1 atom stereocenters. The molecular weight excluding hydrogens is 424 g/mol. The number of nitrogens with zero attached hydrogens (tertiary/aromatic N) is 3. The van der Waals surface area contributed by atoms with Gasteiger partial charge in [-0.15, -0.1) is 0 Å². The van der Waals surface area contributed by atoms with Crippen LogP contribution >= 0.6 is 0 Å². The van der Waals surface area contributed by atoms with Crippen molar-refractivity contribution in [2.45, 2.75) is 25.8 Å². The van der Waals surface area contributed by atoms with Crippen molar-refractivity contribution in [2.75, 3.05) is 13.6 Å². The van der Waals surface area contributed by atoms with E-state index >= 15 is 0 Å². The van der Waals surface area contributed by atoms with Gasteiger partial charge in [-0.3, -0.25) is 9.59 Å². The number of fused-ring (bicyclic) bond motifs is 1. The maximum absolute atomic E-state index is 13.8. The predicted octanol–water partition coefficient (Wildman–Crippen LogP) is 4.33. The number of benzene rings is 2. The third kappa shape index (κ3) is 4.76. The molecule has 176 valence electrons. The first-order valence-electron chi connectivity index (χ1n) is 11.6. The average Bonchev–Trinajstić information content (AvgIpc) is 3.43. The van der Waals surface area contributed by atoms with E-state index < -0.39 is 0 Å². The molecule has 2 heterocycles. The monoisotopic (exact) mass is 456 g/mol. The normalized spacial score (nSPS) is 12.0. The molecule has 1 N–H and O–H groups in total. The van der Waals surface area contributed by atoms with Gasteiger partial charge in [0.15, 0.2) is 0 Å². The van der Waals surface area contributed by atoms with Crippen LogP contribution in [0.2, 0.25) is 0 Å². The largest absolute Gasteiger partial charge is 0.351 e. The Morgan fingerprint density at radius 2 is 1.71 bits per heavy atom. The molecule has 0 bridgehead atoms. The maximum Gasteiger partial charge on any atom is 0.267 e. The van der Waals surface area contributed by atoms with E-state index in [1.807, 2.05) is 86.3 Å². The molecule has 0 radical (unpaired) electrons. The van der Waals surface area contributed by atoms with Crippen LogP contribution in [-0.2, 0) is 20.5 Å². The summed E-state index contributed by atoms with van der Waals surface area (Å²) in [7, 11) is 5.71. The van der Waals surface area contributed by atoms with Crippen LogP contribution in [0.5, 0.6) is 0 Å². The van der Waals surface area contributed by atoms with E-state index in [4.69, 9.17) is 0 Å². The molecule has 4 rings (SSSR count). The van der Waals surface area contributed by atoms with Gasteiger partial charge >= 0.3 is 0 Å². The number of aryl methyl sites for hydroxylation is 3. The lowest BCUT2D eigenvalue weighted by Crippen LogP contribution is -2.41. The molecule has 1 unspecified atom stereocenters. The summed E-state index contributed by atoms with van der Waals surface area (Å²) in [5.74, 6) is -0.103. The summed E-state index contributed by atoms with van der Waals surface area (Å²) >= 11 is 0. The van der Waals surface area contributed by atoms with Crippen molar-refractivity contribution in [2.24, 2.45) is 14.1 Å². The molecule has 0 spiro atoms. The van der Waals surface area contributed by atoms with Gasteiger partial charge in [0.25, 0.3) is 11.8 Å². The third-order valence-corrected chi connectivity index (χ3v) is 6.61. The number of likely N-dealkylation sites (N-methyl/N-ethyl adjacent to an activating group) is 1. The molecule has 0 aliphatic heterocycles. The number of amides is 2. The summed E-state index contributed by atoms with van der Waals surface area (Å²) in [6.45, 7) is 2.47. The van der Waals surface area contributed by atoms with E-state index in [-0.39, 0.29) is 17.9 Å². The van der Waals surface area contributed by atoms with Crippen molar-refractivity contribution in [1.29, 1.82) is 0 Å². The molecule has 0 aliphatic rings. The molecule has 2 amide bonds. The van der Waals surface area contributed by atoms with Gasteiger partial charge in [0.05, 0.1) is 5.56 Å². The molecule has 0 fully saturated rings. The summed E-state index contributed by atoms with van der Waals surface area (Å²) < 4.78 is 3.84. The second-order valence-corrected chi connectivity index (χ2v) is 8.93. The zero-order chi connectivity index (χ0) is 24.2. The minimum atomic E-state index is -0.107. The van der Waals surface area contributed by atoms with Crippen molar-refractivity contribution in [3.63, 3.8) is 0 Å². The molecule has 0 saturated heterocycles. The summed E-state index contributed by atoms with van der Waals surface area (Å²) in [4.78, 5) is 28.2. The molecule has 4 aromatic rings. The number of hydrogen-bond acceptors (Lipinski definition) is 2. The zero-order valence-electron chi connectivity index (χ0n) is 20.3. The second-order valence-electron chi connectivity index (χ2n) is 8.93. The molecule has 0 saturated carbocycles. The Labute approximate surface area is 200 Å². The first-order valence-corrected chi connectivity index (χ1v) is 11.6. The van der Waals surface area contributed by atoms with E-state index in [0.717, 1.165) is 27.6 Å². The van der Waals surface area contributed by atoms with E-state index in [0.29, 0.717) is 25.1 Å². The molecule has 0 aliphatic carbocycles. The SMILES string of the molecule is Cc1ccc2c(ccn2C)c1C(=O)N(C)C(CCNC(=O)c1cccn1C)Cc1ccccc1. The third-order valence-electron chi connectivity index (χ3n) is 6.61. The van der Waals surface area contributed by atoms with Gasteiger partial charge in [-0.1, -0.05) is 36.4 Å². The van der Waals surface area contributed by atoms with Gasteiger partial charge in [-0.05, 0) is 55.2 Å². The highest BCUT2D eigenvalue weighted by molar-refractivity contribution is 6.08. The number of hydrogen-bond donors (Lipinski definition) is 1.